The summed E-state index contributed by atoms with van der Waals surface area (Å²) >= 11 is 0. The summed E-state index contributed by atoms with van der Waals surface area (Å²) in [5.41, 5.74) is 1.25. The number of hydrogen-bond donors (Lipinski definition) is 2. The molecule has 112 valence electrons. The summed E-state index contributed by atoms with van der Waals surface area (Å²) in [6, 6.07) is 5.21. The number of aryl methyl sites for hydroxylation is 2. The van der Waals surface area contributed by atoms with Gasteiger partial charge in [0, 0.05) is 0 Å². The van der Waals surface area contributed by atoms with Gasteiger partial charge in [0.1, 0.15) is 5.75 Å². The van der Waals surface area contributed by atoms with Crippen LogP contribution in [0.15, 0.2) is 35.2 Å². The van der Waals surface area contributed by atoms with Crippen molar-refractivity contribution in [3.63, 3.8) is 0 Å². The Balaban J connectivity index is 2.42. The van der Waals surface area contributed by atoms with Gasteiger partial charge >= 0.3 is 0 Å². The molecule has 21 heavy (non-hydrogen) atoms. The molecule has 0 atom stereocenters. The number of benzene rings is 2. The molecule has 0 saturated carbocycles. The first-order valence-corrected chi connectivity index (χ1v) is 7.47. The Morgan fingerprint density at radius 2 is 1.67 bits per heavy atom. The van der Waals surface area contributed by atoms with Crippen molar-refractivity contribution < 1.29 is 22.3 Å². The molecule has 0 heterocycles. The van der Waals surface area contributed by atoms with Gasteiger partial charge in [0.05, 0.1) is 10.6 Å². The van der Waals surface area contributed by atoms with Crippen LogP contribution in [0.4, 0.5) is 14.5 Å². The van der Waals surface area contributed by atoms with Crippen molar-refractivity contribution in [3.8, 4) is 5.75 Å². The number of anilines is 1. The maximum absolute atomic E-state index is 13.1. The number of rotatable bonds is 3. The summed E-state index contributed by atoms with van der Waals surface area (Å²) in [7, 11) is -4.04. The van der Waals surface area contributed by atoms with E-state index in [0.29, 0.717) is 17.2 Å². The van der Waals surface area contributed by atoms with Crippen LogP contribution in [0.5, 0.6) is 5.75 Å². The molecule has 2 N–H and O–H groups in total. The Labute approximate surface area is 121 Å². The zero-order chi connectivity index (χ0) is 15.8. The van der Waals surface area contributed by atoms with E-state index >= 15 is 0 Å². The predicted octanol–water partition coefficient (Wildman–Crippen LogP) is 3.09. The standard InChI is InChI=1S/C14H13F2NO3S/c1-8-6-14(18)9(2)5-13(8)17-21(19,20)10-3-4-11(15)12(16)7-10/h3-7,17-18H,1-2H3. The second kappa shape index (κ2) is 5.33. The zero-order valence-electron chi connectivity index (χ0n) is 11.3. The Morgan fingerprint density at radius 1 is 1.00 bits per heavy atom. The Morgan fingerprint density at radius 3 is 2.29 bits per heavy atom. The first-order valence-electron chi connectivity index (χ1n) is 5.99. The molecule has 0 spiro atoms. The number of sulfonamides is 1. The lowest BCUT2D eigenvalue weighted by Crippen LogP contribution is -2.14. The maximum Gasteiger partial charge on any atom is 0.262 e. The van der Waals surface area contributed by atoms with E-state index in [1.807, 2.05) is 0 Å². The van der Waals surface area contributed by atoms with Crippen LogP contribution in [0.25, 0.3) is 0 Å². The minimum absolute atomic E-state index is 0.0447. The van der Waals surface area contributed by atoms with Crippen molar-refractivity contribution in [2.24, 2.45) is 0 Å². The summed E-state index contributed by atoms with van der Waals surface area (Å²) in [6.45, 7) is 3.23. The fourth-order valence-electron chi connectivity index (χ4n) is 1.76. The van der Waals surface area contributed by atoms with Crippen LogP contribution in [0.3, 0.4) is 0 Å². The first-order chi connectivity index (χ1) is 9.70. The van der Waals surface area contributed by atoms with Crippen molar-refractivity contribution in [2.75, 3.05) is 4.72 Å². The molecule has 0 radical (unpaired) electrons. The average Bonchev–Trinajstić information content (AvgIpc) is 2.39. The normalized spacial score (nSPS) is 11.4. The SMILES string of the molecule is Cc1cc(NS(=O)(=O)c2ccc(F)c(F)c2)c(C)cc1O. The third-order valence-electron chi connectivity index (χ3n) is 2.99. The van der Waals surface area contributed by atoms with Gasteiger partial charge in [-0.15, -0.1) is 0 Å². The summed E-state index contributed by atoms with van der Waals surface area (Å²) in [5, 5.41) is 9.54. The van der Waals surface area contributed by atoms with E-state index in [9.17, 15) is 22.3 Å². The van der Waals surface area contributed by atoms with E-state index < -0.39 is 21.7 Å². The van der Waals surface area contributed by atoms with E-state index in [1.54, 1.807) is 13.8 Å². The fraction of sp³-hybridized carbons (Fsp3) is 0.143. The molecule has 0 amide bonds. The van der Waals surface area contributed by atoms with Crippen LogP contribution in [0.2, 0.25) is 0 Å². The number of phenolic OH excluding ortho intramolecular Hbond substituents is 1. The van der Waals surface area contributed by atoms with E-state index in [0.717, 1.165) is 12.1 Å². The van der Waals surface area contributed by atoms with Gasteiger partial charge in [-0.3, -0.25) is 4.72 Å². The van der Waals surface area contributed by atoms with Crippen LogP contribution in [0.1, 0.15) is 11.1 Å². The molecular weight excluding hydrogens is 300 g/mol. The lowest BCUT2D eigenvalue weighted by molar-refractivity contribution is 0.471. The lowest BCUT2D eigenvalue weighted by Gasteiger charge is -2.12. The second-order valence-electron chi connectivity index (χ2n) is 4.64. The van der Waals surface area contributed by atoms with Crippen LogP contribution in [0, 0.1) is 25.5 Å². The van der Waals surface area contributed by atoms with Gasteiger partial charge < -0.3 is 5.11 Å². The molecule has 7 heteroatoms. The van der Waals surface area contributed by atoms with Crippen molar-refractivity contribution in [1.82, 2.24) is 0 Å². The van der Waals surface area contributed by atoms with Gasteiger partial charge in [-0.1, -0.05) is 0 Å². The number of aromatic hydroxyl groups is 1. The molecule has 0 aliphatic carbocycles. The molecule has 0 aromatic heterocycles. The smallest absolute Gasteiger partial charge is 0.262 e. The Hall–Kier alpha value is -2.15. The van der Waals surface area contributed by atoms with Crippen LogP contribution < -0.4 is 4.72 Å². The van der Waals surface area contributed by atoms with Crippen LogP contribution in [-0.4, -0.2) is 13.5 Å². The van der Waals surface area contributed by atoms with Crippen molar-refractivity contribution >= 4 is 15.7 Å². The second-order valence-corrected chi connectivity index (χ2v) is 6.32. The fourth-order valence-corrected chi connectivity index (χ4v) is 2.89. The molecule has 0 aliphatic heterocycles. The van der Waals surface area contributed by atoms with Gasteiger partial charge in [0.25, 0.3) is 10.0 Å². The van der Waals surface area contributed by atoms with E-state index in [1.165, 1.54) is 12.1 Å². The highest BCUT2D eigenvalue weighted by Crippen LogP contribution is 2.27. The molecule has 0 saturated heterocycles. The van der Waals surface area contributed by atoms with Gasteiger partial charge in [0.2, 0.25) is 0 Å². The topological polar surface area (TPSA) is 66.4 Å². The highest BCUT2D eigenvalue weighted by Gasteiger charge is 2.18. The molecule has 0 fully saturated rings. The van der Waals surface area contributed by atoms with Crippen molar-refractivity contribution in [2.45, 2.75) is 18.7 Å². The zero-order valence-corrected chi connectivity index (χ0v) is 12.1. The molecule has 0 bridgehead atoms. The first kappa shape index (κ1) is 15.2. The third kappa shape index (κ3) is 3.13. The largest absolute Gasteiger partial charge is 0.508 e. The van der Waals surface area contributed by atoms with Crippen molar-refractivity contribution in [3.05, 3.63) is 53.1 Å². The Bertz CT molecular complexity index is 804. The van der Waals surface area contributed by atoms with Gasteiger partial charge in [-0.05, 0) is 55.3 Å². The highest BCUT2D eigenvalue weighted by molar-refractivity contribution is 7.92. The molecule has 0 unspecified atom stereocenters. The lowest BCUT2D eigenvalue weighted by atomic mass is 10.1. The molecular formula is C14H13F2NO3S. The van der Waals surface area contributed by atoms with Gasteiger partial charge in [-0.2, -0.15) is 0 Å². The third-order valence-corrected chi connectivity index (χ3v) is 4.35. The maximum atomic E-state index is 13.1. The molecule has 2 aromatic rings. The molecule has 2 rings (SSSR count). The van der Waals surface area contributed by atoms with Crippen molar-refractivity contribution in [1.29, 1.82) is 0 Å². The Kier molecular flexibility index (Phi) is 3.87. The number of phenols is 1. The number of halogens is 2. The van der Waals surface area contributed by atoms with E-state index in [4.69, 9.17) is 0 Å². The molecule has 2 aromatic carbocycles. The predicted molar refractivity (Wildman–Crippen MR) is 74.7 cm³/mol. The monoisotopic (exact) mass is 313 g/mol. The van der Waals surface area contributed by atoms with Gasteiger partial charge in [-0.25, -0.2) is 17.2 Å². The number of hydrogen-bond acceptors (Lipinski definition) is 3. The van der Waals surface area contributed by atoms with E-state index in [2.05, 4.69) is 4.72 Å². The molecule has 4 nitrogen and oxygen atoms in total. The van der Waals surface area contributed by atoms with Crippen LogP contribution in [-0.2, 0) is 10.0 Å². The minimum Gasteiger partial charge on any atom is -0.508 e. The highest BCUT2D eigenvalue weighted by atomic mass is 32.2. The summed E-state index contributed by atoms with van der Waals surface area (Å²) in [5.74, 6) is -2.31. The van der Waals surface area contributed by atoms with Crippen LogP contribution >= 0.6 is 0 Å². The average molecular weight is 313 g/mol. The minimum atomic E-state index is -4.04. The molecule has 0 aliphatic rings. The van der Waals surface area contributed by atoms with E-state index in [-0.39, 0.29) is 16.3 Å². The summed E-state index contributed by atoms with van der Waals surface area (Å²) < 4.78 is 52.6. The summed E-state index contributed by atoms with van der Waals surface area (Å²) in [6.07, 6.45) is 0. The van der Waals surface area contributed by atoms with Gasteiger partial charge in [0.15, 0.2) is 11.6 Å². The summed E-state index contributed by atoms with van der Waals surface area (Å²) in [4.78, 5) is -0.383. The number of nitrogens with one attached hydrogen (secondary N) is 1. The quantitative estimate of drug-likeness (QED) is 0.856.